The first-order valence-electron chi connectivity index (χ1n) is 13.2. The van der Waals surface area contributed by atoms with E-state index in [2.05, 4.69) is 10.6 Å². The van der Waals surface area contributed by atoms with Gasteiger partial charge in [0.15, 0.2) is 0 Å². The first-order chi connectivity index (χ1) is 19.8. The molecule has 2 saturated heterocycles. The number of carbonyl (C=O) groups excluding carboxylic acids is 5. The van der Waals surface area contributed by atoms with Gasteiger partial charge < -0.3 is 20.3 Å². The van der Waals surface area contributed by atoms with E-state index in [4.69, 9.17) is 4.74 Å². The predicted molar refractivity (Wildman–Crippen MR) is 137 cm³/mol. The first-order valence-corrected chi connectivity index (χ1v) is 13.2. The van der Waals surface area contributed by atoms with Gasteiger partial charge in [0.25, 0.3) is 5.91 Å². The molecule has 222 valence electrons. The van der Waals surface area contributed by atoms with Crippen molar-refractivity contribution in [1.82, 2.24) is 15.1 Å². The topological polar surface area (TPSA) is 125 Å². The molecule has 0 bridgehead atoms. The number of hydrogen-bond acceptors (Lipinski definition) is 6. The van der Waals surface area contributed by atoms with E-state index in [0.29, 0.717) is 33.0 Å². The number of nitrogens with zero attached hydrogens (tertiary/aromatic N) is 2. The number of aryl methyl sites for hydroxylation is 1. The molecule has 1 unspecified atom stereocenters. The number of ether oxygens (including phenoxy) is 1. The van der Waals surface area contributed by atoms with Gasteiger partial charge in [0, 0.05) is 30.6 Å². The van der Waals surface area contributed by atoms with Crippen LogP contribution in [0.4, 0.5) is 28.0 Å². The van der Waals surface area contributed by atoms with Gasteiger partial charge in [-0.2, -0.15) is 13.2 Å². The number of anilines is 1. The third kappa shape index (κ3) is 5.40. The Labute approximate surface area is 237 Å². The molecule has 2 heterocycles. The molecule has 2 fully saturated rings. The molecule has 3 atom stereocenters. The molecule has 10 nitrogen and oxygen atoms in total. The van der Waals surface area contributed by atoms with Crippen LogP contribution in [0, 0.1) is 5.82 Å². The quantitative estimate of drug-likeness (QED) is 0.478. The summed E-state index contributed by atoms with van der Waals surface area (Å²) >= 11 is 0. The number of alkyl halides is 3. The summed E-state index contributed by atoms with van der Waals surface area (Å²) in [7, 11) is 0. The van der Waals surface area contributed by atoms with Gasteiger partial charge in [0.2, 0.25) is 23.3 Å². The van der Waals surface area contributed by atoms with Crippen molar-refractivity contribution in [3.63, 3.8) is 0 Å². The van der Waals surface area contributed by atoms with Crippen molar-refractivity contribution in [2.24, 2.45) is 0 Å². The molecule has 3 aliphatic rings. The summed E-state index contributed by atoms with van der Waals surface area (Å²) in [6, 6.07) is 6.25. The van der Waals surface area contributed by atoms with Crippen LogP contribution in [-0.4, -0.2) is 64.3 Å². The third-order valence-electron chi connectivity index (χ3n) is 7.76. The van der Waals surface area contributed by atoms with Gasteiger partial charge >= 0.3 is 12.3 Å². The minimum atomic E-state index is -4.81. The Morgan fingerprint density at radius 1 is 1.14 bits per heavy atom. The standard InChI is InChI=1S/C28H26F4N4O6/c1-15(28(30,31)32)35(13-16-2-4-18(29)5-3-16)23(38)14-36-25(40)27(42-26(36)41)11-10-17-12-19(6-7-20(17)27)33-24(39)21-8-9-22(37)34-21/h2-7,12,15,21H,8-11,13-14H2,1H3,(H,33,39)(H,34,37)/t15?,21-,27-/m1/s1. The fraction of sp³-hybridized carbons (Fsp3) is 0.393. The van der Waals surface area contributed by atoms with E-state index in [1.54, 1.807) is 6.07 Å². The Balaban J connectivity index is 1.33. The Hall–Kier alpha value is -4.49. The largest absolute Gasteiger partial charge is 0.427 e. The first kappa shape index (κ1) is 29.0. The lowest BCUT2D eigenvalue weighted by molar-refractivity contribution is -0.187. The Kier molecular flexibility index (Phi) is 7.41. The maximum Gasteiger partial charge on any atom is 0.418 e. The summed E-state index contributed by atoms with van der Waals surface area (Å²) in [5.74, 6) is -3.26. The molecule has 2 aromatic rings. The summed E-state index contributed by atoms with van der Waals surface area (Å²) in [5, 5.41) is 5.27. The fourth-order valence-electron chi connectivity index (χ4n) is 5.40. The average molecular weight is 591 g/mol. The van der Waals surface area contributed by atoms with Gasteiger partial charge in [0.1, 0.15) is 24.4 Å². The van der Waals surface area contributed by atoms with E-state index in [9.17, 15) is 41.5 Å². The van der Waals surface area contributed by atoms with Crippen LogP contribution in [0.5, 0.6) is 0 Å². The van der Waals surface area contributed by atoms with E-state index in [0.717, 1.165) is 19.1 Å². The number of hydrogen-bond donors (Lipinski definition) is 2. The molecule has 5 rings (SSSR count). The second kappa shape index (κ2) is 10.7. The van der Waals surface area contributed by atoms with E-state index in [1.165, 1.54) is 24.3 Å². The summed E-state index contributed by atoms with van der Waals surface area (Å²) in [5.41, 5.74) is -0.198. The molecule has 5 amide bonds. The highest BCUT2D eigenvalue weighted by atomic mass is 19.4. The van der Waals surface area contributed by atoms with Crippen molar-refractivity contribution < 1.29 is 46.3 Å². The zero-order chi connectivity index (χ0) is 30.4. The molecule has 2 aromatic carbocycles. The SMILES string of the molecule is CC(N(Cc1ccc(F)cc1)C(=O)CN1C(=O)O[C@@]2(CCc3cc(NC(=O)[C@H]4CCC(=O)N4)ccc32)C1=O)C(F)(F)F. The molecule has 0 saturated carbocycles. The Morgan fingerprint density at radius 3 is 2.50 bits per heavy atom. The minimum absolute atomic E-state index is 0.0337. The van der Waals surface area contributed by atoms with Gasteiger partial charge in [-0.25, -0.2) is 14.1 Å². The molecule has 0 radical (unpaired) electrons. The van der Waals surface area contributed by atoms with Gasteiger partial charge in [-0.1, -0.05) is 18.2 Å². The number of fused-ring (bicyclic) bond motifs is 2. The van der Waals surface area contributed by atoms with Crippen molar-refractivity contribution in [3.8, 4) is 0 Å². The zero-order valence-corrected chi connectivity index (χ0v) is 22.3. The molecule has 42 heavy (non-hydrogen) atoms. The normalized spacial score (nSPS) is 22.2. The number of imide groups is 1. The van der Waals surface area contributed by atoms with Crippen LogP contribution in [0.25, 0.3) is 0 Å². The lowest BCUT2D eigenvalue weighted by atomic mass is 9.94. The van der Waals surface area contributed by atoms with Gasteiger partial charge in [0.05, 0.1) is 0 Å². The van der Waals surface area contributed by atoms with E-state index in [-0.39, 0.29) is 30.7 Å². The monoisotopic (exact) mass is 590 g/mol. The molecule has 2 N–H and O–H groups in total. The summed E-state index contributed by atoms with van der Waals surface area (Å²) in [6.45, 7) is -0.751. The maximum atomic E-state index is 13.6. The van der Waals surface area contributed by atoms with Crippen LogP contribution in [0.3, 0.4) is 0 Å². The molecule has 1 spiro atoms. The van der Waals surface area contributed by atoms with E-state index in [1.807, 2.05) is 0 Å². The van der Waals surface area contributed by atoms with Crippen LogP contribution in [-0.2, 0) is 42.5 Å². The number of amides is 5. The number of halogens is 4. The van der Waals surface area contributed by atoms with Crippen molar-refractivity contribution in [3.05, 3.63) is 65.0 Å². The molecular weight excluding hydrogens is 564 g/mol. The smallest absolute Gasteiger partial charge is 0.418 e. The van der Waals surface area contributed by atoms with Crippen molar-refractivity contribution in [2.45, 2.75) is 63.0 Å². The highest BCUT2D eigenvalue weighted by Crippen LogP contribution is 2.46. The molecule has 1 aliphatic carbocycles. The maximum absolute atomic E-state index is 13.6. The number of nitrogens with one attached hydrogen (secondary N) is 2. The predicted octanol–water partition coefficient (Wildman–Crippen LogP) is 3.14. The second-order valence-electron chi connectivity index (χ2n) is 10.5. The second-order valence-corrected chi connectivity index (χ2v) is 10.5. The highest BCUT2D eigenvalue weighted by molar-refractivity contribution is 6.06. The third-order valence-corrected chi connectivity index (χ3v) is 7.76. The van der Waals surface area contributed by atoms with Gasteiger partial charge in [-0.15, -0.1) is 0 Å². The molecule has 14 heteroatoms. The summed E-state index contributed by atoms with van der Waals surface area (Å²) < 4.78 is 59.7. The van der Waals surface area contributed by atoms with Crippen molar-refractivity contribution in [2.75, 3.05) is 11.9 Å². The van der Waals surface area contributed by atoms with Crippen LogP contribution < -0.4 is 10.6 Å². The minimum Gasteiger partial charge on any atom is -0.427 e. The van der Waals surface area contributed by atoms with Crippen molar-refractivity contribution in [1.29, 1.82) is 0 Å². The number of carbonyl (C=O) groups is 5. The molecule has 0 aromatic heterocycles. The van der Waals surface area contributed by atoms with Crippen LogP contribution >= 0.6 is 0 Å². The molecule has 2 aliphatic heterocycles. The fourth-order valence-corrected chi connectivity index (χ4v) is 5.40. The summed E-state index contributed by atoms with van der Waals surface area (Å²) in [6.07, 6.45) is -5.06. The lowest BCUT2D eigenvalue weighted by Crippen LogP contribution is -2.51. The summed E-state index contributed by atoms with van der Waals surface area (Å²) in [4.78, 5) is 64.4. The van der Waals surface area contributed by atoms with Crippen LogP contribution in [0.1, 0.15) is 42.9 Å². The molecular formula is C28H26F4N4O6. The Bertz CT molecular complexity index is 1460. The van der Waals surface area contributed by atoms with Gasteiger partial charge in [-0.3, -0.25) is 19.2 Å². The van der Waals surface area contributed by atoms with E-state index < -0.39 is 66.6 Å². The van der Waals surface area contributed by atoms with Crippen molar-refractivity contribution >= 4 is 35.4 Å². The van der Waals surface area contributed by atoms with Gasteiger partial charge in [-0.05, 0) is 55.2 Å². The van der Waals surface area contributed by atoms with Crippen LogP contribution in [0.15, 0.2) is 42.5 Å². The number of rotatable bonds is 7. The van der Waals surface area contributed by atoms with Crippen LogP contribution in [0.2, 0.25) is 0 Å². The highest BCUT2D eigenvalue weighted by Gasteiger charge is 2.58. The van der Waals surface area contributed by atoms with E-state index >= 15 is 0 Å². The zero-order valence-electron chi connectivity index (χ0n) is 22.3. The lowest BCUT2D eigenvalue weighted by Gasteiger charge is -2.31. The number of benzene rings is 2. The Morgan fingerprint density at radius 2 is 1.86 bits per heavy atom. The average Bonchev–Trinajstić information content (AvgIpc) is 3.60.